The Hall–Kier alpha value is -3.13. The summed E-state index contributed by atoms with van der Waals surface area (Å²) in [6.45, 7) is 0.508. The first kappa shape index (κ1) is 21.1. The van der Waals surface area contributed by atoms with Gasteiger partial charge in [0.05, 0.1) is 0 Å². The van der Waals surface area contributed by atoms with E-state index in [1.807, 2.05) is 19.0 Å². The molecule has 0 amide bonds. The molecule has 0 bridgehead atoms. The summed E-state index contributed by atoms with van der Waals surface area (Å²) in [4.78, 5) is 1.81. The largest absolute Gasteiger partial charge is 0.457 e. The molecule has 1 aliphatic heterocycles. The molecule has 1 atom stereocenters. The molecule has 3 aromatic carbocycles. The van der Waals surface area contributed by atoms with E-state index in [1.54, 1.807) is 43.4 Å². The van der Waals surface area contributed by atoms with Crippen LogP contribution in [0.25, 0.3) is 0 Å². The van der Waals surface area contributed by atoms with Gasteiger partial charge in [0.25, 0.3) is 0 Å². The number of anilines is 1. The Morgan fingerprint density at radius 3 is 1.94 bits per heavy atom. The van der Waals surface area contributed by atoms with Gasteiger partial charge >= 0.3 is 0 Å². The third-order valence-electron chi connectivity index (χ3n) is 5.35. The highest BCUT2D eigenvalue weighted by Gasteiger charge is 2.37. The number of nitrogens with one attached hydrogen (secondary N) is 1. The molecular weight excluding hydrogens is 415 g/mol. The van der Waals surface area contributed by atoms with Crippen LogP contribution >= 0.6 is 0 Å². The van der Waals surface area contributed by atoms with Crippen molar-refractivity contribution >= 4 is 5.69 Å². The van der Waals surface area contributed by atoms with Crippen LogP contribution in [0, 0.1) is 29.1 Å². The first-order valence-corrected chi connectivity index (χ1v) is 9.52. The minimum atomic E-state index is -2.18. The van der Waals surface area contributed by atoms with E-state index in [-0.39, 0.29) is 5.75 Å². The summed E-state index contributed by atoms with van der Waals surface area (Å²) in [6.07, 6.45) is 0. The molecule has 0 aliphatic carbocycles. The van der Waals surface area contributed by atoms with Crippen molar-refractivity contribution in [2.75, 3.05) is 26.0 Å². The lowest BCUT2D eigenvalue weighted by atomic mass is 9.81. The second kappa shape index (κ2) is 7.85. The number of ether oxygens (including phenoxy) is 1. The normalized spacial score (nSPS) is 14.6. The van der Waals surface area contributed by atoms with Gasteiger partial charge in [-0.15, -0.1) is 0 Å². The third kappa shape index (κ3) is 3.40. The summed E-state index contributed by atoms with van der Waals surface area (Å²) in [5, 5.41) is 2.99. The van der Waals surface area contributed by atoms with Crippen LogP contribution < -0.4 is 15.0 Å². The summed E-state index contributed by atoms with van der Waals surface area (Å²) in [7, 11) is 5.38. The maximum absolute atomic E-state index is 14.8. The average molecular weight is 434 g/mol. The Labute approximate surface area is 176 Å². The van der Waals surface area contributed by atoms with Gasteiger partial charge in [0.2, 0.25) is 5.82 Å². The minimum Gasteiger partial charge on any atom is -0.457 e. The molecule has 0 saturated carbocycles. The molecule has 1 N–H and O–H groups in total. The summed E-state index contributed by atoms with van der Waals surface area (Å²) < 4.78 is 77.4. The van der Waals surface area contributed by atoms with E-state index in [0.29, 0.717) is 23.4 Å². The highest BCUT2D eigenvalue weighted by atomic mass is 19.2. The molecule has 1 aliphatic rings. The van der Waals surface area contributed by atoms with Crippen LogP contribution in [0.4, 0.5) is 27.6 Å². The molecule has 8 heteroatoms. The van der Waals surface area contributed by atoms with Crippen molar-refractivity contribution in [1.29, 1.82) is 0 Å². The topological polar surface area (TPSA) is 24.5 Å². The molecule has 162 valence electrons. The lowest BCUT2D eigenvalue weighted by molar-refractivity contribution is 0.366. The average Bonchev–Trinajstić information content (AvgIpc) is 2.75. The summed E-state index contributed by atoms with van der Waals surface area (Å²) >= 11 is 0. The van der Waals surface area contributed by atoms with Crippen LogP contribution in [0.3, 0.4) is 0 Å². The van der Waals surface area contributed by atoms with Crippen molar-refractivity contribution in [3.63, 3.8) is 0 Å². The van der Waals surface area contributed by atoms with E-state index in [9.17, 15) is 22.0 Å². The summed E-state index contributed by atoms with van der Waals surface area (Å²) in [5.74, 6) is -10.5. The van der Waals surface area contributed by atoms with Crippen LogP contribution in [0.15, 0.2) is 36.4 Å². The van der Waals surface area contributed by atoms with Crippen LogP contribution in [-0.2, 0) is 6.54 Å². The van der Waals surface area contributed by atoms with Crippen molar-refractivity contribution < 1.29 is 26.7 Å². The standard InChI is InChI=1S/C23H19F5N2O/c1-29-10-11-4-6-13-15(8-11)31-16-9-12(30(2)3)5-7-14(16)17(13)18-19(24)21(26)23(28)22(27)20(18)25/h4-9,17,29H,10H2,1-3H3. The highest BCUT2D eigenvalue weighted by molar-refractivity contribution is 5.63. The Balaban J connectivity index is 2.01. The molecule has 0 spiro atoms. The van der Waals surface area contributed by atoms with Gasteiger partial charge in [0, 0.05) is 55.0 Å². The molecule has 31 heavy (non-hydrogen) atoms. The Kier molecular flexibility index (Phi) is 5.35. The predicted octanol–water partition coefficient (Wildman–Crippen LogP) is 5.45. The van der Waals surface area contributed by atoms with Gasteiger partial charge in [-0.1, -0.05) is 18.2 Å². The number of hydrogen-bond acceptors (Lipinski definition) is 3. The number of hydrogen-bond donors (Lipinski definition) is 1. The molecule has 0 fully saturated rings. The molecule has 0 saturated heterocycles. The minimum absolute atomic E-state index is 0.286. The Morgan fingerprint density at radius 2 is 1.35 bits per heavy atom. The highest BCUT2D eigenvalue weighted by Crippen LogP contribution is 2.50. The molecule has 0 radical (unpaired) electrons. The second-order valence-corrected chi connectivity index (χ2v) is 7.54. The first-order valence-electron chi connectivity index (χ1n) is 9.52. The lowest BCUT2D eigenvalue weighted by Crippen LogP contribution is -2.18. The predicted molar refractivity (Wildman–Crippen MR) is 107 cm³/mol. The van der Waals surface area contributed by atoms with Crippen LogP contribution in [0.1, 0.15) is 28.2 Å². The fourth-order valence-corrected chi connectivity index (χ4v) is 3.82. The summed E-state index contributed by atoms with van der Waals surface area (Å²) in [5.41, 5.74) is 1.31. The van der Waals surface area contributed by atoms with E-state index in [1.165, 1.54) is 0 Å². The van der Waals surface area contributed by atoms with Crippen LogP contribution in [0.2, 0.25) is 0 Å². The van der Waals surface area contributed by atoms with E-state index in [2.05, 4.69) is 5.32 Å². The molecule has 0 aromatic heterocycles. The van der Waals surface area contributed by atoms with E-state index >= 15 is 0 Å². The SMILES string of the molecule is CNCc1ccc2c(c1)Oc1cc(N(C)C)ccc1C2c1c(F)c(F)c(F)c(F)c1F. The van der Waals surface area contributed by atoms with Gasteiger partial charge in [0.15, 0.2) is 23.3 Å². The van der Waals surface area contributed by atoms with Crippen LogP contribution in [-0.4, -0.2) is 21.1 Å². The monoisotopic (exact) mass is 434 g/mol. The fourth-order valence-electron chi connectivity index (χ4n) is 3.82. The number of halogens is 5. The van der Waals surface area contributed by atoms with Gasteiger partial charge in [-0.3, -0.25) is 0 Å². The van der Waals surface area contributed by atoms with Crippen molar-refractivity contribution in [1.82, 2.24) is 5.32 Å². The Bertz CT molecular complexity index is 1150. The van der Waals surface area contributed by atoms with Gasteiger partial charge in [-0.2, -0.15) is 0 Å². The zero-order chi connectivity index (χ0) is 22.4. The van der Waals surface area contributed by atoms with E-state index in [4.69, 9.17) is 4.74 Å². The third-order valence-corrected chi connectivity index (χ3v) is 5.35. The van der Waals surface area contributed by atoms with Crippen molar-refractivity contribution in [3.05, 3.63) is 87.7 Å². The quantitative estimate of drug-likeness (QED) is 0.263. The maximum Gasteiger partial charge on any atom is 0.200 e. The number of rotatable bonds is 4. The van der Waals surface area contributed by atoms with Gasteiger partial charge in [0.1, 0.15) is 11.5 Å². The van der Waals surface area contributed by atoms with E-state index < -0.39 is 40.6 Å². The first-order chi connectivity index (χ1) is 14.7. The van der Waals surface area contributed by atoms with Crippen molar-refractivity contribution in [2.45, 2.75) is 12.5 Å². The van der Waals surface area contributed by atoms with E-state index in [0.717, 1.165) is 11.3 Å². The molecule has 4 rings (SSSR count). The number of fused-ring (bicyclic) bond motifs is 2. The maximum atomic E-state index is 14.8. The van der Waals surface area contributed by atoms with Crippen molar-refractivity contribution in [3.8, 4) is 11.5 Å². The zero-order valence-corrected chi connectivity index (χ0v) is 17.0. The molecular formula is C23H19F5N2O. The summed E-state index contributed by atoms with van der Waals surface area (Å²) in [6, 6.07) is 9.95. The number of benzene rings is 3. The fraction of sp³-hybridized carbons (Fsp3) is 0.217. The van der Waals surface area contributed by atoms with Gasteiger partial charge in [-0.25, -0.2) is 22.0 Å². The van der Waals surface area contributed by atoms with Crippen LogP contribution in [0.5, 0.6) is 11.5 Å². The smallest absolute Gasteiger partial charge is 0.200 e. The molecule has 1 unspecified atom stereocenters. The second-order valence-electron chi connectivity index (χ2n) is 7.54. The number of nitrogens with zero attached hydrogens (tertiary/aromatic N) is 1. The van der Waals surface area contributed by atoms with Gasteiger partial charge < -0.3 is 15.0 Å². The van der Waals surface area contributed by atoms with Gasteiger partial charge in [-0.05, 0) is 24.7 Å². The van der Waals surface area contributed by atoms with Crippen molar-refractivity contribution in [2.24, 2.45) is 0 Å². The molecule has 3 nitrogen and oxygen atoms in total. The molecule has 1 heterocycles. The zero-order valence-electron chi connectivity index (χ0n) is 17.0. The lowest BCUT2D eigenvalue weighted by Gasteiger charge is -2.30. The molecule has 3 aromatic rings. The Morgan fingerprint density at radius 1 is 0.806 bits per heavy atom.